The maximum atomic E-state index is 9.80. The molecule has 0 saturated heterocycles. The molecule has 0 bridgehead atoms. The van der Waals surface area contributed by atoms with Crippen molar-refractivity contribution in [3.63, 3.8) is 0 Å². The first-order chi connectivity index (χ1) is 10.5. The van der Waals surface area contributed by atoms with Crippen molar-refractivity contribution in [3.8, 4) is 17.2 Å². The van der Waals surface area contributed by atoms with Gasteiger partial charge in [-0.25, -0.2) is 0 Å². The third kappa shape index (κ3) is 3.61. The summed E-state index contributed by atoms with van der Waals surface area (Å²) in [5, 5.41) is 9.80. The lowest BCUT2D eigenvalue weighted by molar-refractivity contribution is 0.337. The molecule has 2 rings (SSSR count). The molecular formula is C19H22O3. The van der Waals surface area contributed by atoms with Crippen molar-refractivity contribution in [3.05, 3.63) is 52.6 Å². The van der Waals surface area contributed by atoms with E-state index >= 15 is 0 Å². The van der Waals surface area contributed by atoms with Gasteiger partial charge >= 0.3 is 0 Å². The molecule has 1 N–H and O–H groups in total. The van der Waals surface area contributed by atoms with Gasteiger partial charge in [0.1, 0.15) is 5.75 Å². The first kappa shape index (κ1) is 16.0. The van der Waals surface area contributed by atoms with Crippen molar-refractivity contribution in [2.75, 3.05) is 13.7 Å². The Morgan fingerprint density at radius 3 is 2.36 bits per heavy atom. The van der Waals surface area contributed by atoms with Crippen LogP contribution in [0.3, 0.4) is 0 Å². The van der Waals surface area contributed by atoms with E-state index in [0.717, 1.165) is 16.9 Å². The molecule has 0 unspecified atom stereocenters. The zero-order valence-corrected chi connectivity index (χ0v) is 13.5. The second-order valence-electron chi connectivity index (χ2n) is 5.16. The fourth-order valence-corrected chi connectivity index (χ4v) is 2.26. The molecule has 0 amide bonds. The van der Waals surface area contributed by atoms with E-state index in [9.17, 15) is 5.11 Å². The minimum absolute atomic E-state index is 0.139. The quantitative estimate of drug-likeness (QED) is 0.821. The highest BCUT2D eigenvalue weighted by atomic mass is 16.5. The summed E-state index contributed by atoms with van der Waals surface area (Å²) in [6, 6.07) is 9.49. The van der Waals surface area contributed by atoms with Crippen molar-refractivity contribution >= 4 is 12.2 Å². The van der Waals surface area contributed by atoms with Crippen molar-refractivity contribution in [2.24, 2.45) is 0 Å². The van der Waals surface area contributed by atoms with Crippen molar-refractivity contribution in [1.82, 2.24) is 0 Å². The fourth-order valence-electron chi connectivity index (χ4n) is 2.26. The van der Waals surface area contributed by atoms with E-state index in [4.69, 9.17) is 9.47 Å². The highest BCUT2D eigenvalue weighted by Gasteiger charge is 2.04. The number of benzene rings is 2. The van der Waals surface area contributed by atoms with E-state index < -0.39 is 0 Å². The van der Waals surface area contributed by atoms with E-state index in [-0.39, 0.29) is 5.75 Å². The maximum Gasteiger partial charge on any atom is 0.160 e. The predicted octanol–water partition coefficient (Wildman–Crippen LogP) is 4.59. The number of phenolic OH excluding ortho intramolecular Hbond substituents is 1. The molecule has 0 fully saturated rings. The Kier molecular flexibility index (Phi) is 5.10. The molecule has 2 aromatic carbocycles. The van der Waals surface area contributed by atoms with Gasteiger partial charge in [0.25, 0.3) is 0 Å². The molecule has 3 nitrogen and oxygen atoms in total. The monoisotopic (exact) mass is 298 g/mol. The highest BCUT2D eigenvalue weighted by molar-refractivity contribution is 5.72. The summed E-state index contributed by atoms with van der Waals surface area (Å²) in [5.41, 5.74) is 4.35. The van der Waals surface area contributed by atoms with Crippen molar-refractivity contribution < 1.29 is 14.6 Å². The van der Waals surface area contributed by atoms with Crippen LogP contribution in [0.4, 0.5) is 0 Å². The van der Waals surface area contributed by atoms with Gasteiger partial charge in [0, 0.05) is 0 Å². The van der Waals surface area contributed by atoms with Crippen LogP contribution in [0.15, 0.2) is 30.3 Å². The zero-order valence-electron chi connectivity index (χ0n) is 13.5. The predicted molar refractivity (Wildman–Crippen MR) is 90.7 cm³/mol. The van der Waals surface area contributed by atoms with E-state index in [1.54, 1.807) is 12.1 Å². The van der Waals surface area contributed by atoms with Crippen molar-refractivity contribution in [2.45, 2.75) is 20.8 Å². The maximum absolute atomic E-state index is 9.80. The number of hydrogen-bond acceptors (Lipinski definition) is 3. The van der Waals surface area contributed by atoms with Gasteiger partial charge in [-0.05, 0) is 61.2 Å². The normalized spacial score (nSPS) is 10.9. The lowest BCUT2D eigenvalue weighted by Crippen LogP contribution is -1.96. The SMILES string of the molecule is CCOc1cc(/C=C\c2ccc(OC)c(O)c2)cc(C)c1C. The van der Waals surface area contributed by atoms with E-state index in [1.807, 2.05) is 31.2 Å². The molecule has 0 aliphatic heterocycles. The molecule has 0 aromatic heterocycles. The summed E-state index contributed by atoms with van der Waals surface area (Å²) in [6.45, 7) is 6.78. The topological polar surface area (TPSA) is 38.7 Å². The molecular weight excluding hydrogens is 276 g/mol. The minimum atomic E-state index is 0.139. The van der Waals surface area contributed by atoms with Crippen LogP contribution in [0.25, 0.3) is 12.2 Å². The second-order valence-corrected chi connectivity index (χ2v) is 5.16. The van der Waals surface area contributed by atoms with E-state index in [0.29, 0.717) is 12.4 Å². The number of aryl methyl sites for hydroxylation is 1. The Labute approximate surface area is 131 Å². The van der Waals surface area contributed by atoms with Gasteiger partial charge < -0.3 is 14.6 Å². The van der Waals surface area contributed by atoms with Crippen LogP contribution in [0.2, 0.25) is 0 Å². The van der Waals surface area contributed by atoms with Gasteiger partial charge in [0.2, 0.25) is 0 Å². The smallest absolute Gasteiger partial charge is 0.160 e. The standard InChI is InChI=1S/C19H22O3/c1-5-22-19-12-16(10-13(2)14(19)3)7-6-15-8-9-18(21-4)17(20)11-15/h6-12,20H,5H2,1-4H3/b7-6-. The number of ether oxygens (including phenoxy) is 2. The molecule has 0 heterocycles. The average Bonchev–Trinajstić information content (AvgIpc) is 2.50. The molecule has 0 spiro atoms. The zero-order chi connectivity index (χ0) is 16.1. The Hall–Kier alpha value is -2.42. The first-order valence-corrected chi connectivity index (χ1v) is 7.34. The average molecular weight is 298 g/mol. The number of phenols is 1. The Balaban J connectivity index is 2.28. The summed E-state index contributed by atoms with van der Waals surface area (Å²) in [4.78, 5) is 0. The van der Waals surface area contributed by atoms with Crippen LogP contribution < -0.4 is 9.47 Å². The van der Waals surface area contributed by atoms with E-state index in [2.05, 4.69) is 19.9 Å². The van der Waals surface area contributed by atoms with Crippen LogP contribution >= 0.6 is 0 Å². The summed E-state index contributed by atoms with van der Waals surface area (Å²) in [5.74, 6) is 1.53. The molecule has 0 aliphatic carbocycles. The third-order valence-corrected chi connectivity index (χ3v) is 3.61. The van der Waals surface area contributed by atoms with Gasteiger partial charge in [-0.1, -0.05) is 24.3 Å². The number of rotatable bonds is 5. The molecule has 116 valence electrons. The number of hydrogen-bond donors (Lipinski definition) is 1. The highest BCUT2D eigenvalue weighted by Crippen LogP contribution is 2.28. The number of methoxy groups -OCH3 is 1. The largest absolute Gasteiger partial charge is 0.504 e. The molecule has 3 heteroatoms. The molecule has 0 saturated carbocycles. The van der Waals surface area contributed by atoms with Crippen LogP contribution in [-0.4, -0.2) is 18.8 Å². The second kappa shape index (κ2) is 7.03. The van der Waals surface area contributed by atoms with Crippen LogP contribution in [0, 0.1) is 13.8 Å². The van der Waals surface area contributed by atoms with Crippen molar-refractivity contribution in [1.29, 1.82) is 0 Å². The molecule has 0 aliphatic rings. The summed E-state index contributed by atoms with van der Waals surface area (Å²) < 4.78 is 10.7. The lowest BCUT2D eigenvalue weighted by Gasteiger charge is -2.11. The minimum Gasteiger partial charge on any atom is -0.504 e. The van der Waals surface area contributed by atoms with E-state index in [1.165, 1.54) is 18.2 Å². The Bertz CT molecular complexity index is 687. The van der Waals surface area contributed by atoms with Gasteiger partial charge in [-0.3, -0.25) is 0 Å². The van der Waals surface area contributed by atoms with Gasteiger partial charge in [-0.2, -0.15) is 0 Å². The molecule has 0 radical (unpaired) electrons. The van der Waals surface area contributed by atoms with Gasteiger partial charge in [0.05, 0.1) is 13.7 Å². The summed E-state index contributed by atoms with van der Waals surface area (Å²) in [7, 11) is 1.54. The lowest BCUT2D eigenvalue weighted by atomic mass is 10.0. The molecule has 2 aromatic rings. The number of aromatic hydroxyl groups is 1. The van der Waals surface area contributed by atoms with Gasteiger partial charge in [-0.15, -0.1) is 0 Å². The van der Waals surface area contributed by atoms with Crippen LogP contribution in [0.1, 0.15) is 29.2 Å². The molecule has 22 heavy (non-hydrogen) atoms. The third-order valence-electron chi connectivity index (χ3n) is 3.61. The molecule has 0 atom stereocenters. The Morgan fingerprint density at radius 2 is 1.73 bits per heavy atom. The first-order valence-electron chi connectivity index (χ1n) is 7.34. The van der Waals surface area contributed by atoms with Crippen LogP contribution in [0.5, 0.6) is 17.2 Å². The fraction of sp³-hybridized carbons (Fsp3) is 0.263. The van der Waals surface area contributed by atoms with Gasteiger partial charge in [0.15, 0.2) is 11.5 Å². The Morgan fingerprint density at radius 1 is 1.00 bits per heavy atom. The summed E-state index contributed by atoms with van der Waals surface area (Å²) >= 11 is 0. The summed E-state index contributed by atoms with van der Waals surface area (Å²) in [6.07, 6.45) is 3.97. The van der Waals surface area contributed by atoms with Crippen LogP contribution in [-0.2, 0) is 0 Å².